The van der Waals surface area contributed by atoms with Crippen LogP contribution in [0.5, 0.6) is 23.1 Å². The number of pyridine rings is 2. The zero-order chi connectivity index (χ0) is 26.2. The Balaban J connectivity index is 1.58. The number of nitrogens with one attached hydrogen (secondary N) is 1. The first-order chi connectivity index (χ1) is 17.7. The number of ether oxygens (including phenoxy) is 2. The highest BCUT2D eigenvalue weighted by molar-refractivity contribution is 7.90. The van der Waals surface area contributed by atoms with E-state index in [-0.39, 0.29) is 33.7 Å². The van der Waals surface area contributed by atoms with Crippen LogP contribution in [-0.2, 0) is 9.84 Å². The zero-order valence-electron chi connectivity index (χ0n) is 19.2. The van der Waals surface area contributed by atoms with Crippen molar-refractivity contribution >= 4 is 26.8 Å². The maximum absolute atomic E-state index is 14.6. The standard InChI is InChI=1S/C25H18FN5O5S/c1-37(33,34)22-10-9-14(13-28-22)35-21-12-15(36-23-16(24(27)32)5-4-6-17(23)26)11-20(29-21)25-30-18-7-2-3-8-19(18)31-25/h2-13H,1H3,(H2,27,32)(H,30,31). The molecule has 0 aliphatic rings. The molecule has 0 saturated carbocycles. The van der Waals surface area contributed by atoms with Crippen molar-refractivity contribution in [3.8, 4) is 34.6 Å². The largest absolute Gasteiger partial charge is 0.453 e. The Morgan fingerprint density at radius 3 is 2.49 bits per heavy atom. The molecule has 0 bridgehead atoms. The molecule has 37 heavy (non-hydrogen) atoms. The number of hydrogen-bond acceptors (Lipinski definition) is 8. The van der Waals surface area contributed by atoms with Crippen LogP contribution in [0.4, 0.5) is 4.39 Å². The quantitative estimate of drug-likeness (QED) is 0.324. The topological polar surface area (TPSA) is 150 Å². The van der Waals surface area contributed by atoms with E-state index >= 15 is 0 Å². The highest BCUT2D eigenvalue weighted by Crippen LogP contribution is 2.34. The number of primary amides is 1. The van der Waals surface area contributed by atoms with Crippen molar-refractivity contribution in [3.63, 3.8) is 0 Å². The number of halogens is 1. The highest BCUT2D eigenvalue weighted by Gasteiger charge is 2.18. The summed E-state index contributed by atoms with van der Waals surface area (Å²) < 4.78 is 49.5. The Labute approximate surface area is 209 Å². The SMILES string of the molecule is CS(=O)(=O)c1ccc(Oc2cc(Oc3c(F)cccc3C(N)=O)cc(-c3nc4ccccc4[nH]3)n2)cn1. The number of nitrogens with two attached hydrogens (primary N) is 1. The second kappa shape index (κ2) is 9.32. The van der Waals surface area contributed by atoms with E-state index in [1.54, 1.807) is 0 Å². The van der Waals surface area contributed by atoms with Gasteiger partial charge in [-0.25, -0.2) is 27.8 Å². The molecule has 0 fully saturated rings. The molecule has 0 atom stereocenters. The summed E-state index contributed by atoms with van der Waals surface area (Å²) in [6.07, 6.45) is 2.27. The predicted molar refractivity (Wildman–Crippen MR) is 132 cm³/mol. The smallest absolute Gasteiger partial charge is 0.252 e. The summed E-state index contributed by atoms with van der Waals surface area (Å²) in [5, 5.41) is -0.119. The van der Waals surface area contributed by atoms with Gasteiger partial charge < -0.3 is 20.2 Å². The third-order valence-electron chi connectivity index (χ3n) is 5.17. The van der Waals surface area contributed by atoms with Crippen LogP contribution in [0, 0.1) is 5.82 Å². The highest BCUT2D eigenvalue weighted by atomic mass is 32.2. The minimum atomic E-state index is -3.49. The van der Waals surface area contributed by atoms with Crippen molar-refractivity contribution in [1.29, 1.82) is 0 Å². The van der Waals surface area contributed by atoms with Crippen molar-refractivity contribution in [2.75, 3.05) is 6.26 Å². The summed E-state index contributed by atoms with van der Waals surface area (Å²) in [6.45, 7) is 0. The van der Waals surface area contributed by atoms with E-state index in [1.165, 1.54) is 42.6 Å². The average Bonchev–Trinajstić information content (AvgIpc) is 3.29. The van der Waals surface area contributed by atoms with Gasteiger partial charge in [-0.15, -0.1) is 0 Å². The Morgan fingerprint density at radius 2 is 1.78 bits per heavy atom. The number of hydrogen-bond donors (Lipinski definition) is 2. The summed E-state index contributed by atoms with van der Waals surface area (Å²) >= 11 is 0. The van der Waals surface area contributed by atoms with E-state index in [1.807, 2.05) is 24.3 Å². The van der Waals surface area contributed by atoms with Gasteiger partial charge in [0.1, 0.15) is 17.2 Å². The number of carbonyl (C=O) groups excluding carboxylic acids is 1. The molecule has 0 spiro atoms. The van der Waals surface area contributed by atoms with Crippen LogP contribution in [-0.4, -0.2) is 40.5 Å². The monoisotopic (exact) mass is 519 g/mol. The van der Waals surface area contributed by atoms with E-state index in [4.69, 9.17) is 15.2 Å². The van der Waals surface area contributed by atoms with Gasteiger partial charge in [0.2, 0.25) is 5.88 Å². The normalized spacial score (nSPS) is 11.4. The zero-order valence-corrected chi connectivity index (χ0v) is 20.0. The molecule has 0 unspecified atom stereocenters. The van der Waals surface area contributed by atoms with E-state index in [9.17, 15) is 17.6 Å². The van der Waals surface area contributed by atoms with E-state index < -0.39 is 21.6 Å². The summed E-state index contributed by atoms with van der Waals surface area (Å²) in [5.74, 6) is -1.35. The second-order valence-electron chi connectivity index (χ2n) is 7.92. The molecular formula is C25H18FN5O5S. The minimum absolute atomic E-state index is 0.0128. The van der Waals surface area contributed by atoms with Gasteiger partial charge >= 0.3 is 0 Å². The van der Waals surface area contributed by atoms with Crippen molar-refractivity contribution in [1.82, 2.24) is 19.9 Å². The molecule has 3 aromatic heterocycles. The van der Waals surface area contributed by atoms with Crippen molar-refractivity contribution in [3.05, 3.63) is 84.3 Å². The van der Waals surface area contributed by atoms with Crippen LogP contribution in [0.2, 0.25) is 0 Å². The van der Waals surface area contributed by atoms with Gasteiger partial charge in [0, 0.05) is 18.4 Å². The molecule has 12 heteroatoms. The minimum Gasteiger partial charge on any atom is -0.453 e. The van der Waals surface area contributed by atoms with Gasteiger partial charge in [0.05, 0.1) is 22.8 Å². The lowest BCUT2D eigenvalue weighted by atomic mass is 10.2. The van der Waals surface area contributed by atoms with Crippen LogP contribution < -0.4 is 15.2 Å². The molecule has 186 valence electrons. The molecule has 5 rings (SSSR count). The molecule has 0 aliphatic heterocycles. The van der Waals surface area contributed by atoms with Crippen molar-refractivity contribution in [2.45, 2.75) is 5.03 Å². The molecule has 3 heterocycles. The average molecular weight is 520 g/mol. The van der Waals surface area contributed by atoms with Crippen LogP contribution in [0.1, 0.15) is 10.4 Å². The van der Waals surface area contributed by atoms with Gasteiger partial charge in [-0.05, 0) is 36.4 Å². The van der Waals surface area contributed by atoms with Gasteiger partial charge in [-0.2, -0.15) is 0 Å². The van der Waals surface area contributed by atoms with Crippen LogP contribution >= 0.6 is 0 Å². The summed E-state index contributed by atoms with van der Waals surface area (Å²) in [5.41, 5.74) is 6.99. The number of nitrogens with zero attached hydrogens (tertiary/aromatic N) is 3. The van der Waals surface area contributed by atoms with Gasteiger partial charge in [0.25, 0.3) is 5.91 Å². The second-order valence-corrected chi connectivity index (χ2v) is 9.88. The number of aromatic amines is 1. The number of rotatable bonds is 7. The first-order valence-electron chi connectivity index (χ1n) is 10.7. The number of imidazole rings is 1. The third kappa shape index (κ3) is 5.09. The summed E-state index contributed by atoms with van der Waals surface area (Å²) in [6, 6.07) is 16.7. The number of benzene rings is 2. The van der Waals surface area contributed by atoms with Crippen molar-refractivity contribution in [2.24, 2.45) is 5.73 Å². The third-order valence-corrected chi connectivity index (χ3v) is 6.17. The molecule has 10 nitrogen and oxygen atoms in total. The lowest BCUT2D eigenvalue weighted by Crippen LogP contribution is -2.13. The number of para-hydroxylation sites is 3. The Hall–Kier alpha value is -4.84. The molecule has 0 saturated heterocycles. The van der Waals surface area contributed by atoms with E-state index in [2.05, 4.69) is 19.9 Å². The predicted octanol–water partition coefficient (Wildman–Crippen LogP) is 4.25. The number of carbonyl (C=O) groups is 1. The first-order valence-corrected chi connectivity index (χ1v) is 12.6. The maximum Gasteiger partial charge on any atom is 0.252 e. The van der Waals surface area contributed by atoms with Gasteiger partial charge in [0.15, 0.2) is 32.3 Å². The number of amides is 1. The maximum atomic E-state index is 14.6. The van der Waals surface area contributed by atoms with Crippen LogP contribution in [0.15, 0.2) is 78.0 Å². The number of fused-ring (bicyclic) bond motifs is 1. The molecule has 0 aliphatic carbocycles. The molecule has 5 aromatic rings. The number of H-pyrrole nitrogens is 1. The van der Waals surface area contributed by atoms with Crippen LogP contribution in [0.3, 0.4) is 0 Å². The van der Waals surface area contributed by atoms with Crippen LogP contribution in [0.25, 0.3) is 22.6 Å². The Morgan fingerprint density at radius 1 is 0.973 bits per heavy atom. The summed E-state index contributed by atoms with van der Waals surface area (Å²) in [4.78, 5) is 27.9. The van der Waals surface area contributed by atoms with Gasteiger partial charge in [-0.1, -0.05) is 18.2 Å². The first kappa shape index (κ1) is 23.9. The number of sulfone groups is 1. The molecule has 1 amide bonds. The Bertz CT molecular complexity index is 1720. The fourth-order valence-electron chi connectivity index (χ4n) is 3.48. The lowest BCUT2D eigenvalue weighted by molar-refractivity contribution is 0.0997. The van der Waals surface area contributed by atoms with Crippen molar-refractivity contribution < 1.29 is 27.1 Å². The Kier molecular flexibility index (Phi) is 6.01. The van der Waals surface area contributed by atoms with E-state index in [0.717, 1.165) is 17.8 Å². The molecule has 3 N–H and O–H groups in total. The molecule has 2 aromatic carbocycles. The number of aromatic nitrogens is 4. The van der Waals surface area contributed by atoms with E-state index in [0.29, 0.717) is 17.0 Å². The molecule has 0 radical (unpaired) electrons. The summed E-state index contributed by atoms with van der Waals surface area (Å²) in [7, 11) is -3.49. The fourth-order valence-corrected chi connectivity index (χ4v) is 4.04. The fraction of sp³-hybridized carbons (Fsp3) is 0.0400. The lowest BCUT2D eigenvalue weighted by Gasteiger charge is -2.13. The van der Waals surface area contributed by atoms with Gasteiger partial charge in [-0.3, -0.25) is 4.79 Å². The molecular weight excluding hydrogens is 501 g/mol.